The van der Waals surface area contributed by atoms with Crippen molar-refractivity contribution < 1.29 is 4.79 Å². The van der Waals surface area contributed by atoms with Gasteiger partial charge in [0.15, 0.2) is 0 Å². The van der Waals surface area contributed by atoms with Gasteiger partial charge in [-0.25, -0.2) is 4.79 Å². The van der Waals surface area contributed by atoms with Crippen molar-refractivity contribution in [2.75, 3.05) is 32.1 Å². The van der Waals surface area contributed by atoms with Crippen LogP contribution >= 0.6 is 11.8 Å². The first-order valence-electron chi connectivity index (χ1n) is 6.57. The number of rotatable bonds is 4. The van der Waals surface area contributed by atoms with Gasteiger partial charge in [-0.2, -0.15) is 11.8 Å². The first-order chi connectivity index (χ1) is 8.06. The molecule has 2 unspecified atom stereocenters. The minimum Gasteiger partial charge on any atom is -0.325 e. The summed E-state index contributed by atoms with van der Waals surface area (Å²) in [5, 5.41) is 0. The molecule has 0 aromatic carbocycles. The molecule has 1 saturated heterocycles. The zero-order valence-corrected chi connectivity index (χ0v) is 12.4. The molecule has 1 heterocycles. The molecule has 1 rings (SSSR count). The fraction of sp³-hybridized carbons (Fsp3) is 0.923. The maximum absolute atomic E-state index is 12.3. The van der Waals surface area contributed by atoms with Crippen molar-refractivity contribution in [2.45, 2.75) is 39.2 Å². The Bertz CT molecular complexity index is 248. The Kier molecular flexibility index (Phi) is 6.17. The molecule has 0 aromatic heterocycles. The lowest BCUT2D eigenvalue weighted by Crippen LogP contribution is -2.48. The maximum Gasteiger partial charge on any atom is 0.319 e. The predicted molar refractivity (Wildman–Crippen MR) is 75.6 cm³/mol. The highest BCUT2D eigenvalue weighted by Crippen LogP contribution is 2.18. The quantitative estimate of drug-likeness (QED) is 0.774. The highest BCUT2D eigenvalue weighted by Gasteiger charge is 2.25. The third-order valence-electron chi connectivity index (χ3n) is 3.63. The van der Waals surface area contributed by atoms with Crippen LogP contribution in [0.2, 0.25) is 0 Å². The van der Waals surface area contributed by atoms with Gasteiger partial charge in [0.05, 0.1) is 0 Å². The normalized spacial score (nSPS) is 22.4. The summed E-state index contributed by atoms with van der Waals surface area (Å²) in [6.45, 7) is 6.24. The van der Waals surface area contributed by atoms with E-state index in [0.717, 1.165) is 31.7 Å². The van der Waals surface area contributed by atoms with E-state index in [-0.39, 0.29) is 6.03 Å². The molecule has 1 fully saturated rings. The van der Waals surface area contributed by atoms with E-state index >= 15 is 0 Å². The van der Waals surface area contributed by atoms with E-state index in [0.29, 0.717) is 12.0 Å². The first kappa shape index (κ1) is 14.7. The lowest BCUT2D eigenvalue weighted by atomic mass is 10.0. The summed E-state index contributed by atoms with van der Waals surface area (Å²) in [6.07, 6.45) is 5.60. The third kappa shape index (κ3) is 4.41. The zero-order valence-electron chi connectivity index (χ0n) is 11.6. The van der Waals surface area contributed by atoms with Gasteiger partial charge in [0.2, 0.25) is 0 Å². The summed E-state index contributed by atoms with van der Waals surface area (Å²) in [5.74, 6) is 1.78. The molecule has 4 heteroatoms. The summed E-state index contributed by atoms with van der Waals surface area (Å²) < 4.78 is 0. The minimum absolute atomic E-state index is 0.213. The van der Waals surface area contributed by atoms with Crippen molar-refractivity contribution in [2.24, 2.45) is 5.92 Å². The molecule has 0 bridgehead atoms. The number of hydrogen-bond acceptors (Lipinski definition) is 2. The number of hydrogen-bond donors (Lipinski definition) is 0. The molecule has 0 spiro atoms. The highest BCUT2D eigenvalue weighted by atomic mass is 32.2. The van der Waals surface area contributed by atoms with Gasteiger partial charge in [-0.3, -0.25) is 0 Å². The maximum atomic E-state index is 12.3. The summed E-state index contributed by atoms with van der Waals surface area (Å²) in [6, 6.07) is 0.553. The number of nitrogens with zero attached hydrogens (tertiary/aromatic N) is 2. The van der Waals surface area contributed by atoms with Crippen LogP contribution in [-0.4, -0.2) is 54.0 Å². The Balaban J connectivity index is 2.44. The van der Waals surface area contributed by atoms with Crippen molar-refractivity contribution in [1.82, 2.24) is 9.80 Å². The van der Waals surface area contributed by atoms with Gasteiger partial charge in [0.1, 0.15) is 0 Å². The van der Waals surface area contributed by atoms with Gasteiger partial charge in [-0.1, -0.05) is 6.92 Å². The Labute approximate surface area is 110 Å². The van der Waals surface area contributed by atoms with Crippen LogP contribution in [0.5, 0.6) is 0 Å². The molecule has 2 amide bonds. The predicted octanol–water partition coefficient (Wildman–Crippen LogP) is 2.91. The van der Waals surface area contributed by atoms with E-state index in [9.17, 15) is 4.79 Å². The van der Waals surface area contributed by atoms with E-state index in [1.807, 2.05) is 28.6 Å². The fourth-order valence-corrected chi connectivity index (χ4v) is 2.83. The topological polar surface area (TPSA) is 23.6 Å². The molecular weight excluding hydrogens is 232 g/mol. The van der Waals surface area contributed by atoms with E-state index in [4.69, 9.17) is 0 Å². The zero-order chi connectivity index (χ0) is 12.8. The number of likely N-dealkylation sites (tertiary alicyclic amines) is 1. The van der Waals surface area contributed by atoms with Crippen molar-refractivity contribution in [1.29, 1.82) is 0 Å². The van der Waals surface area contributed by atoms with Crippen LogP contribution < -0.4 is 0 Å². The Morgan fingerprint density at radius 2 is 2.29 bits per heavy atom. The second-order valence-corrected chi connectivity index (χ2v) is 6.20. The molecule has 0 radical (unpaired) electrons. The van der Waals surface area contributed by atoms with Crippen LogP contribution in [0, 0.1) is 5.92 Å². The Hall–Kier alpha value is -0.380. The highest BCUT2D eigenvalue weighted by molar-refractivity contribution is 7.98. The molecule has 3 nitrogen and oxygen atoms in total. The number of carbonyl (C=O) groups is 1. The van der Waals surface area contributed by atoms with Crippen molar-refractivity contribution in [3.63, 3.8) is 0 Å². The molecule has 100 valence electrons. The molecule has 0 saturated carbocycles. The average molecular weight is 258 g/mol. The minimum atomic E-state index is 0.213. The van der Waals surface area contributed by atoms with Crippen LogP contribution in [0.3, 0.4) is 0 Å². The molecule has 0 aliphatic carbocycles. The number of urea groups is 1. The molecule has 0 aromatic rings. The van der Waals surface area contributed by atoms with Crippen molar-refractivity contribution in [3.8, 4) is 0 Å². The molecular formula is C13H26N2OS. The number of carbonyl (C=O) groups excluding carboxylic acids is 1. The largest absolute Gasteiger partial charge is 0.325 e. The monoisotopic (exact) mass is 258 g/mol. The van der Waals surface area contributed by atoms with Crippen molar-refractivity contribution >= 4 is 17.8 Å². The van der Waals surface area contributed by atoms with Crippen LogP contribution in [-0.2, 0) is 0 Å². The fourth-order valence-electron chi connectivity index (χ4n) is 2.26. The molecule has 1 aliphatic rings. The number of amides is 2. The van der Waals surface area contributed by atoms with Gasteiger partial charge < -0.3 is 9.80 Å². The lowest BCUT2D eigenvalue weighted by Gasteiger charge is -2.36. The van der Waals surface area contributed by atoms with E-state index in [1.54, 1.807) is 0 Å². The van der Waals surface area contributed by atoms with Crippen LogP contribution in [0.25, 0.3) is 0 Å². The number of thioether (sulfide) groups is 1. The van der Waals surface area contributed by atoms with E-state index in [1.165, 1.54) is 6.42 Å². The van der Waals surface area contributed by atoms with Gasteiger partial charge in [-0.15, -0.1) is 0 Å². The number of piperidine rings is 1. The molecule has 17 heavy (non-hydrogen) atoms. The second-order valence-electron chi connectivity index (χ2n) is 5.22. The molecule has 0 N–H and O–H groups in total. The van der Waals surface area contributed by atoms with Crippen LogP contribution in [0.15, 0.2) is 0 Å². The third-order valence-corrected chi connectivity index (χ3v) is 4.27. The van der Waals surface area contributed by atoms with Crippen LogP contribution in [0.1, 0.15) is 33.1 Å². The second kappa shape index (κ2) is 7.14. The van der Waals surface area contributed by atoms with E-state index < -0.39 is 0 Å². The van der Waals surface area contributed by atoms with Crippen molar-refractivity contribution in [3.05, 3.63) is 0 Å². The van der Waals surface area contributed by atoms with Gasteiger partial charge in [0, 0.05) is 26.2 Å². The Morgan fingerprint density at radius 1 is 1.59 bits per heavy atom. The van der Waals surface area contributed by atoms with Gasteiger partial charge in [0.25, 0.3) is 0 Å². The summed E-state index contributed by atoms with van der Waals surface area (Å²) in [7, 11) is 1.94. The summed E-state index contributed by atoms with van der Waals surface area (Å²) in [4.78, 5) is 16.2. The van der Waals surface area contributed by atoms with Gasteiger partial charge >= 0.3 is 6.03 Å². The van der Waals surface area contributed by atoms with Crippen LogP contribution in [0.4, 0.5) is 4.79 Å². The summed E-state index contributed by atoms with van der Waals surface area (Å²) in [5.41, 5.74) is 0. The van der Waals surface area contributed by atoms with E-state index in [2.05, 4.69) is 20.1 Å². The SMILES string of the molecule is CSCCC(C)N(C)C(=O)N1CCCC(C)C1. The summed E-state index contributed by atoms with van der Waals surface area (Å²) >= 11 is 1.84. The molecule has 2 atom stereocenters. The smallest absolute Gasteiger partial charge is 0.319 e. The Morgan fingerprint density at radius 3 is 2.88 bits per heavy atom. The lowest BCUT2D eigenvalue weighted by molar-refractivity contribution is 0.128. The first-order valence-corrected chi connectivity index (χ1v) is 7.96. The van der Waals surface area contributed by atoms with Gasteiger partial charge in [-0.05, 0) is 44.1 Å². The average Bonchev–Trinajstić information content (AvgIpc) is 2.34. The standard InChI is InChI=1S/C13H26N2OS/c1-11-6-5-8-15(10-11)13(16)14(3)12(2)7-9-17-4/h11-12H,5-10H2,1-4H3. The molecule has 1 aliphatic heterocycles.